The van der Waals surface area contributed by atoms with Gasteiger partial charge in [0.25, 0.3) is 0 Å². The quantitative estimate of drug-likeness (QED) is 0.600. The van der Waals surface area contributed by atoms with Gasteiger partial charge in [0.2, 0.25) is 5.88 Å². The van der Waals surface area contributed by atoms with E-state index in [-0.39, 0.29) is 6.10 Å². The molecule has 0 fully saturated rings. The number of fused-ring (bicyclic) bond motifs is 1. The second-order valence-electron chi connectivity index (χ2n) is 8.17. The van der Waals surface area contributed by atoms with Gasteiger partial charge in [0.05, 0.1) is 35.7 Å². The second kappa shape index (κ2) is 9.00. The number of hydrogen-bond donors (Lipinski definition) is 1. The van der Waals surface area contributed by atoms with Crippen LogP contribution in [0.15, 0.2) is 48.0 Å². The van der Waals surface area contributed by atoms with Crippen molar-refractivity contribution in [3.05, 3.63) is 70.4 Å². The summed E-state index contributed by atoms with van der Waals surface area (Å²) in [5.74, 6) is 1.72. The third-order valence-corrected chi connectivity index (χ3v) is 5.59. The van der Waals surface area contributed by atoms with Gasteiger partial charge in [-0.15, -0.1) is 0 Å². The van der Waals surface area contributed by atoms with Crippen LogP contribution in [-0.4, -0.2) is 29.2 Å². The smallest absolute Gasteiger partial charge is 0.226 e. The standard InChI is InChI=1S/C26H28N4O3/c1-6-17-7-10-19(11-8-17)30-26-23(16(4)29-30)24(20(14-27)25(28)33-26)18-9-12-21(32-15(2)3)22(13-18)31-5/h7-13,15,25H,6,28H2,1-5H3. The van der Waals surface area contributed by atoms with Crippen molar-refractivity contribution in [2.24, 2.45) is 5.73 Å². The van der Waals surface area contributed by atoms with Gasteiger partial charge >= 0.3 is 0 Å². The average molecular weight is 445 g/mol. The Bertz CT molecular complexity index is 1250. The molecule has 4 rings (SSSR count). The first-order chi connectivity index (χ1) is 15.9. The maximum Gasteiger partial charge on any atom is 0.226 e. The van der Waals surface area contributed by atoms with Gasteiger partial charge < -0.3 is 14.2 Å². The van der Waals surface area contributed by atoms with E-state index in [1.54, 1.807) is 11.8 Å². The van der Waals surface area contributed by atoms with Crippen LogP contribution in [-0.2, 0) is 6.42 Å². The maximum atomic E-state index is 9.94. The Morgan fingerprint density at radius 3 is 2.52 bits per heavy atom. The predicted molar refractivity (Wildman–Crippen MR) is 127 cm³/mol. The number of ether oxygens (including phenoxy) is 3. The van der Waals surface area contributed by atoms with E-state index in [0.29, 0.717) is 28.5 Å². The molecule has 0 aliphatic carbocycles. The molecule has 0 spiro atoms. The fourth-order valence-electron chi connectivity index (χ4n) is 4.00. The Labute approximate surface area is 194 Å². The van der Waals surface area contributed by atoms with Gasteiger partial charge in [-0.2, -0.15) is 10.4 Å². The molecule has 0 bridgehead atoms. The number of aromatic nitrogens is 2. The van der Waals surface area contributed by atoms with Crippen molar-refractivity contribution < 1.29 is 14.2 Å². The van der Waals surface area contributed by atoms with E-state index < -0.39 is 6.23 Å². The first kappa shape index (κ1) is 22.4. The van der Waals surface area contributed by atoms with Crippen molar-refractivity contribution >= 4 is 5.57 Å². The number of nitrogens with two attached hydrogens (primary N) is 1. The lowest BCUT2D eigenvalue weighted by Gasteiger charge is -2.25. The molecule has 1 aliphatic rings. The lowest BCUT2D eigenvalue weighted by atomic mass is 9.91. The molecule has 3 aromatic rings. The second-order valence-corrected chi connectivity index (χ2v) is 8.17. The first-order valence-corrected chi connectivity index (χ1v) is 11.0. The minimum absolute atomic E-state index is 0.00122. The van der Waals surface area contributed by atoms with Crippen LogP contribution in [0.3, 0.4) is 0 Å². The molecule has 0 saturated carbocycles. The van der Waals surface area contributed by atoms with Crippen molar-refractivity contribution in [2.45, 2.75) is 46.4 Å². The van der Waals surface area contributed by atoms with Gasteiger partial charge in [-0.05, 0) is 62.6 Å². The van der Waals surface area contributed by atoms with Crippen LogP contribution in [0.1, 0.15) is 43.2 Å². The molecule has 1 unspecified atom stereocenters. The summed E-state index contributed by atoms with van der Waals surface area (Å²) >= 11 is 0. The number of rotatable bonds is 6. The maximum absolute atomic E-state index is 9.94. The van der Waals surface area contributed by atoms with Gasteiger partial charge in [0, 0.05) is 5.57 Å². The summed E-state index contributed by atoms with van der Waals surface area (Å²) in [5, 5.41) is 14.7. The number of nitriles is 1. The van der Waals surface area contributed by atoms with E-state index in [2.05, 4.69) is 25.1 Å². The molecule has 0 amide bonds. The summed E-state index contributed by atoms with van der Waals surface area (Å²) in [7, 11) is 1.59. The molecule has 1 atom stereocenters. The average Bonchev–Trinajstić information content (AvgIpc) is 3.13. The normalized spacial score (nSPS) is 15.2. The summed E-state index contributed by atoms with van der Waals surface area (Å²) in [6.07, 6.45) is 0.0374. The van der Waals surface area contributed by atoms with E-state index in [0.717, 1.165) is 28.9 Å². The Morgan fingerprint density at radius 1 is 1.18 bits per heavy atom. The fourth-order valence-corrected chi connectivity index (χ4v) is 4.00. The summed E-state index contributed by atoms with van der Waals surface area (Å²) in [4.78, 5) is 0. The van der Waals surface area contributed by atoms with E-state index in [1.165, 1.54) is 5.56 Å². The van der Waals surface area contributed by atoms with Crippen LogP contribution >= 0.6 is 0 Å². The minimum Gasteiger partial charge on any atom is -0.493 e. The molecule has 33 heavy (non-hydrogen) atoms. The first-order valence-electron chi connectivity index (χ1n) is 11.0. The molecule has 2 N–H and O–H groups in total. The van der Waals surface area contributed by atoms with Gasteiger partial charge in [0.1, 0.15) is 6.07 Å². The summed E-state index contributed by atoms with van der Waals surface area (Å²) in [6, 6.07) is 16.0. The van der Waals surface area contributed by atoms with E-state index in [4.69, 9.17) is 25.0 Å². The highest BCUT2D eigenvalue weighted by Crippen LogP contribution is 2.43. The highest BCUT2D eigenvalue weighted by atomic mass is 16.5. The van der Waals surface area contributed by atoms with E-state index in [1.807, 2.05) is 51.1 Å². The third kappa shape index (κ3) is 4.06. The number of nitrogens with zero attached hydrogens (tertiary/aromatic N) is 3. The van der Waals surface area contributed by atoms with Gasteiger partial charge in [-0.25, -0.2) is 4.68 Å². The van der Waals surface area contributed by atoms with Gasteiger partial charge in [-0.1, -0.05) is 25.1 Å². The van der Waals surface area contributed by atoms with Crippen molar-refractivity contribution in [3.63, 3.8) is 0 Å². The summed E-state index contributed by atoms with van der Waals surface area (Å²) in [6.45, 7) is 7.93. The lowest BCUT2D eigenvalue weighted by molar-refractivity contribution is 0.228. The molecule has 0 saturated heterocycles. The molecule has 1 aromatic heterocycles. The highest BCUT2D eigenvalue weighted by molar-refractivity contribution is 5.90. The molecule has 170 valence electrons. The molecule has 7 heteroatoms. The largest absolute Gasteiger partial charge is 0.493 e. The minimum atomic E-state index is -0.917. The Hall–Kier alpha value is -3.76. The monoisotopic (exact) mass is 444 g/mol. The Morgan fingerprint density at radius 2 is 1.91 bits per heavy atom. The predicted octanol–water partition coefficient (Wildman–Crippen LogP) is 4.54. The number of benzene rings is 2. The van der Waals surface area contributed by atoms with E-state index >= 15 is 0 Å². The van der Waals surface area contributed by atoms with Crippen molar-refractivity contribution in [3.8, 4) is 29.1 Å². The van der Waals surface area contributed by atoms with Gasteiger partial charge in [0.15, 0.2) is 17.7 Å². The van der Waals surface area contributed by atoms with Crippen molar-refractivity contribution in [1.82, 2.24) is 9.78 Å². The third-order valence-electron chi connectivity index (χ3n) is 5.59. The van der Waals surface area contributed by atoms with Crippen LogP contribution in [0.4, 0.5) is 0 Å². The van der Waals surface area contributed by atoms with Crippen LogP contribution in [0.5, 0.6) is 17.4 Å². The van der Waals surface area contributed by atoms with Crippen molar-refractivity contribution in [1.29, 1.82) is 5.26 Å². The summed E-state index contributed by atoms with van der Waals surface area (Å²) in [5.41, 5.74) is 11.7. The molecule has 2 heterocycles. The van der Waals surface area contributed by atoms with E-state index in [9.17, 15) is 5.26 Å². The number of aryl methyl sites for hydroxylation is 2. The molecular weight excluding hydrogens is 416 g/mol. The highest BCUT2D eigenvalue weighted by Gasteiger charge is 2.33. The molecule has 1 aliphatic heterocycles. The zero-order valence-corrected chi connectivity index (χ0v) is 19.5. The topological polar surface area (TPSA) is 95.3 Å². The summed E-state index contributed by atoms with van der Waals surface area (Å²) < 4.78 is 19.2. The fraction of sp³-hybridized carbons (Fsp3) is 0.308. The SMILES string of the molecule is CCc1ccc(-n2nc(C)c3c2OC(N)C(C#N)=C3c2ccc(OC(C)C)c(OC)c2)cc1. The van der Waals surface area contributed by atoms with Crippen molar-refractivity contribution in [2.75, 3.05) is 7.11 Å². The molecule has 0 radical (unpaired) electrons. The number of hydrogen-bond acceptors (Lipinski definition) is 6. The molecular formula is C26H28N4O3. The zero-order valence-electron chi connectivity index (χ0n) is 19.5. The molecule has 7 nitrogen and oxygen atoms in total. The number of methoxy groups -OCH3 is 1. The lowest BCUT2D eigenvalue weighted by Crippen LogP contribution is -2.33. The van der Waals surface area contributed by atoms with Gasteiger partial charge in [-0.3, -0.25) is 5.73 Å². The van der Waals surface area contributed by atoms with Crippen LogP contribution in [0.25, 0.3) is 11.3 Å². The van der Waals surface area contributed by atoms with Crippen LogP contribution in [0.2, 0.25) is 0 Å². The Balaban J connectivity index is 1.89. The Kier molecular flexibility index (Phi) is 6.12. The van der Waals surface area contributed by atoms with Crippen LogP contribution < -0.4 is 19.9 Å². The zero-order chi connectivity index (χ0) is 23.7. The van der Waals surface area contributed by atoms with Crippen LogP contribution in [0, 0.1) is 18.3 Å². The molecule has 2 aromatic carbocycles.